The summed E-state index contributed by atoms with van der Waals surface area (Å²) in [6, 6.07) is 0. The van der Waals surface area contributed by atoms with Crippen molar-refractivity contribution in [3.05, 3.63) is 0 Å². The van der Waals surface area contributed by atoms with Gasteiger partial charge < -0.3 is 10.2 Å². The number of nitrogens with zero attached hydrogens (tertiary/aromatic N) is 2. The van der Waals surface area contributed by atoms with E-state index in [-0.39, 0.29) is 12.5 Å². The molecule has 4 nitrogen and oxygen atoms in total. The number of aliphatic hydroxyl groups is 2. The average molecular weight is 232 g/mol. The summed E-state index contributed by atoms with van der Waals surface area (Å²) in [6.07, 6.45) is 2.86. The van der Waals surface area contributed by atoms with E-state index in [1.54, 1.807) is 0 Å². The van der Waals surface area contributed by atoms with E-state index in [1.165, 1.54) is 0 Å². The summed E-state index contributed by atoms with van der Waals surface area (Å²) in [5.74, 6) is 0. The fourth-order valence-electron chi connectivity index (χ4n) is 1.57. The van der Waals surface area contributed by atoms with Gasteiger partial charge in [-0.3, -0.25) is 9.80 Å². The number of hydrogen-bond acceptors (Lipinski definition) is 4. The van der Waals surface area contributed by atoms with Gasteiger partial charge in [0.15, 0.2) is 0 Å². The summed E-state index contributed by atoms with van der Waals surface area (Å²) in [4.78, 5) is 3.86. The molecule has 0 aliphatic rings. The molecule has 0 bridgehead atoms. The van der Waals surface area contributed by atoms with Crippen molar-refractivity contribution in [3.63, 3.8) is 0 Å². The molecule has 2 N–H and O–H groups in total. The summed E-state index contributed by atoms with van der Waals surface area (Å²) in [5, 5.41) is 19.4. The van der Waals surface area contributed by atoms with Crippen molar-refractivity contribution < 1.29 is 10.2 Å². The van der Waals surface area contributed by atoms with Gasteiger partial charge in [-0.1, -0.05) is 26.7 Å². The van der Waals surface area contributed by atoms with E-state index >= 15 is 0 Å². The lowest BCUT2D eigenvalue weighted by Gasteiger charge is -2.28. The minimum atomic E-state index is -0.360. The van der Waals surface area contributed by atoms with E-state index in [9.17, 15) is 10.2 Å². The molecular formula is C12H28N2O2. The van der Waals surface area contributed by atoms with E-state index in [1.807, 2.05) is 23.9 Å². The van der Waals surface area contributed by atoms with Crippen LogP contribution in [-0.2, 0) is 0 Å². The first kappa shape index (κ1) is 15.8. The van der Waals surface area contributed by atoms with Gasteiger partial charge in [-0.05, 0) is 26.9 Å². The Morgan fingerprint density at radius 3 is 1.38 bits per heavy atom. The number of rotatable bonds is 9. The number of likely N-dealkylation sites (N-methyl/N-ethyl adjacent to an activating group) is 2. The van der Waals surface area contributed by atoms with Crippen LogP contribution in [0.1, 0.15) is 39.5 Å². The lowest BCUT2D eigenvalue weighted by atomic mass is 10.2. The molecule has 0 aliphatic heterocycles. The molecule has 0 aromatic carbocycles. The molecule has 0 spiro atoms. The highest BCUT2D eigenvalue weighted by molar-refractivity contribution is 4.62. The van der Waals surface area contributed by atoms with Gasteiger partial charge in [-0.25, -0.2) is 0 Å². The van der Waals surface area contributed by atoms with Crippen LogP contribution in [0, 0.1) is 0 Å². The first-order chi connectivity index (χ1) is 7.52. The Kier molecular flexibility index (Phi) is 8.84. The van der Waals surface area contributed by atoms with Crippen molar-refractivity contribution in [2.75, 3.05) is 27.2 Å². The third kappa shape index (κ3) is 6.43. The van der Waals surface area contributed by atoms with Gasteiger partial charge in [0.1, 0.15) is 12.5 Å². The van der Waals surface area contributed by atoms with Gasteiger partial charge in [-0.15, -0.1) is 0 Å². The van der Waals surface area contributed by atoms with Gasteiger partial charge in [0, 0.05) is 13.1 Å². The maximum absolute atomic E-state index is 9.72. The van der Waals surface area contributed by atoms with Crippen LogP contribution in [0.15, 0.2) is 0 Å². The first-order valence-corrected chi connectivity index (χ1v) is 6.29. The molecule has 4 heteroatoms. The van der Waals surface area contributed by atoms with E-state index in [2.05, 4.69) is 13.8 Å². The fourth-order valence-corrected chi connectivity index (χ4v) is 1.57. The molecule has 0 amide bonds. The molecule has 2 unspecified atom stereocenters. The van der Waals surface area contributed by atoms with Crippen molar-refractivity contribution in [1.82, 2.24) is 9.80 Å². The Hall–Kier alpha value is -0.160. The van der Waals surface area contributed by atoms with Crippen molar-refractivity contribution in [1.29, 1.82) is 0 Å². The minimum Gasteiger partial charge on any atom is -0.378 e. The second-order valence-corrected chi connectivity index (χ2v) is 4.50. The third-order valence-electron chi connectivity index (χ3n) is 2.92. The molecule has 0 radical (unpaired) electrons. The first-order valence-electron chi connectivity index (χ1n) is 6.29. The molecule has 0 aromatic rings. The Balaban J connectivity index is 3.77. The van der Waals surface area contributed by atoms with Crippen LogP contribution in [-0.4, -0.2) is 59.7 Å². The molecule has 0 rings (SSSR count). The Morgan fingerprint density at radius 2 is 1.12 bits per heavy atom. The zero-order valence-electron chi connectivity index (χ0n) is 11.2. The van der Waals surface area contributed by atoms with Crippen LogP contribution in [0.2, 0.25) is 0 Å². The van der Waals surface area contributed by atoms with Crippen molar-refractivity contribution >= 4 is 0 Å². The highest BCUT2D eigenvalue weighted by Gasteiger charge is 2.13. The molecule has 0 aromatic heterocycles. The maximum Gasteiger partial charge on any atom is 0.107 e. The molecule has 98 valence electrons. The van der Waals surface area contributed by atoms with Crippen LogP contribution in [0.25, 0.3) is 0 Å². The standard InChI is InChI=1S/C12H28N2O2/c1-5-7-11(15)13(3)9-10-14(4)12(16)8-6-2/h11-12,15-16H,5-10H2,1-4H3. The molecule has 0 fully saturated rings. The van der Waals surface area contributed by atoms with Gasteiger partial charge in [0.05, 0.1) is 0 Å². The lowest BCUT2D eigenvalue weighted by molar-refractivity contribution is -0.0172. The summed E-state index contributed by atoms with van der Waals surface area (Å²) in [7, 11) is 3.83. The van der Waals surface area contributed by atoms with E-state index < -0.39 is 0 Å². The van der Waals surface area contributed by atoms with Crippen LogP contribution < -0.4 is 0 Å². The van der Waals surface area contributed by atoms with Gasteiger partial charge >= 0.3 is 0 Å². The zero-order valence-corrected chi connectivity index (χ0v) is 11.2. The Bertz CT molecular complexity index is 149. The van der Waals surface area contributed by atoms with Crippen LogP contribution >= 0.6 is 0 Å². The smallest absolute Gasteiger partial charge is 0.107 e. The van der Waals surface area contributed by atoms with Crippen molar-refractivity contribution in [2.24, 2.45) is 0 Å². The molecular weight excluding hydrogens is 204 g/mol. The second kappa shape index (κ2) is 8.93. The van der Waals surface area contributed by atoms with Gasteiger partial charge in [-0.2, -0.15) is 0 Å². The van der Waals surface area contributed by atoms with E-state index in [0.717, 1.165) is 38.8 Å². The topological polar surface area (TPSA) is 46.9 Å². The molecule has 2 atom stereocenters. The summed E-state index contributed by atoms with van der Waals surface area (Å²) >= 11 is 0. The van der Waals surface area contributed by atoms with Gasteiger partial charge in [0.25, 0.3) is 0 Å². The Morgan fingerprint density at radius 1 is 0.812 bits per heavy atom. The van der Waals surface area contributed by atoms with Crippen molar-refractivity contribution in [3.8, 4) is 0 Å². The normalized spacial score (nSPS) is 15.8. The largest absolute Gasteiger partial charge is 0.378 e. The highest BCUT2D eigenvalue weighted by atomic mass is 16.3. The quantitative estimate of drug-likeness (QED) is 0.584. The monoisotopic (exact) mass is 232 g/mol. The average Bonchev–Trinajstić information content (AvgIpc) is 2.25. The minimum absolute atomic E-state index is 0.360. The maximum atomic E-state index is 9.72. The molecule has 0 heterocycles. The SMILES string of the molecule is CCCC(O)N(C)CCN(C)C(O)CCC. The fraction of sp³-hybridized carbons (Fsp3) is 1.00. The molecule has 0 aliphatic carbocycles. The van der Waals surface area contributed by atoms with E-state index in [4.69, 9.17) is 0 Å². The predicted molar refractivity (Wildman–Crippen MR) is 67.1 cm³/mol. The zero-order chi connectivity index (χ0) is 12.6. The summed E-state index contributed by atoms with van der Waals surface area (Å²) in [5.41, 5.74) is 0. The van der Waals surface area contributed by atoms with Crippen LogP contribution in [0.4, 0.5) is 0 Å². The summed E-state index contributed by atoms with van der Waals surface area (Å²) in [6.45, 7) is 5.68. The van der Waals surface area contributed by atoms with Crippen molar-refractivity contribution in [2.45, 2.75) is 52.0 Å². The predicted octanol–water partition coefficient (Wildman–Crippen LogP) is 1.09. The number of hydrogen-bond donors (Lipinski definition) is 2. The third-order valence-corrected chi connectivity index (χ3v) is 2.92. The van der Waals surface area contributed by atoms with Gasteiger partial charge in [0.2, 0.25) is 0 Å². The van der Waals surface area contributed by atoms with E-state index in [0.29, 0.717) is 0 Å². The highest BCUT2D eigenvalue weighted by Crippen LogP contribution is 2.04. The summed E-state index contributed by atoms with van der Waals surface area (Å²) < 4.78 is 0. The van der Waals surface area contributed by atoms with Crippen LogP contribution in [0.5, 0.6) is 0 Å². The lowest BCUT2D eigenvalue weighted by Crippen LogP contribution is -2.40. The molecule has 0 saturated heterocycles. The number of aliphatic hydroxyl groups excluding tert-OH is 2. The molecule has 0 saturated carbocycles. The van der Waals surface area contributed by atoms with Crippen LogP contribution in [0.3, 0.4) is 0 Å². The Labute approximate surface area is 99.9 Å². The second-order valence-electron chi connectivity index (χ2n) is 4.50. The molecule has 16 heavy (non-hydrogen) atoms.